The summed E-state index contributed by atoms with van der Waals surface area (Å²) in [6.45, 7) is 4.19. The van der Waals surface area contributed by atoms with E-state index in [1.165, 1.54) is 0 Å². The van der Waals surface area contributed by atoms with Crippen LogP contribution in [0.1, 0.15) is 25.0 Å². The number of H-pyrrole nitrogens is 1. The summed E-state index contributed by atoms with van der Waals surface area (Å²) in [6, 6.07) is 21.5. The topological polar surface area (TPSA) is 110 Å². The molecule has 0 aliphatic heterocycles. The Labute approximate surface area is 163 Å². The van der Waals surface area contributed by atoms with Crippen LogP contribution < -0.4 is 16.2 Å². The molecule has 0 saturated heterocycles. The van der Waals surface area contributed by atoms with Crippen molar-refractivity contribution in [2.75, 3.05) is 10.6 Å². The van der Waals surface area contributed by atoms with Gasteiger partial charge in [0.05, 0.1) is 0 Å². The molecule has 0 aliphatic rings. The Morgan fingerprint density at radius 3 is 2.04 bits per heavy atom. The number of nitrogens with one attached hydrogen (secondary N) is 1. The third-order valence-electron chi connectivity index (χ3n) is 4.45. The second-order valence-electron chi connectivity index (χ2n) is 6.56. The number of nitriles is 2. The van der Waals surface area contributed by atoms with Crippen molar-refractivity contribution >= 4 is 17.2 Å². The van der Waals surface area contributed by atoms with Crippen LogP contribution in [0.2, 0.25) is 0 Å². The summed E-state index contributed by atoms with van der Waals surface area (Å²) < 4.78 is 0. The number of hydrogen-bond donors (Lipinski definition) is 2. The van der Waals surface area contributed by atoms with Crippen LogP contribution in [0.5, 0.6) is 0 Å². The molecule has 3 N–H and O–H groups in total. The highest BCUT2D eigenvalue weighted by molar-refractivity contribution is 5.81. The van der Waals surface area contributed by atoms with Crippen molar-refractivity contribution in [3.8, 4) is 23.3 Å². The SMILES string of the molecule is CC(C)N(c1ccccc1)c1ccc(-c2c(C#N)c(N)[nH]c(=O)c2C#N)cc1. The molecule has 0 spiro atoms. The van der Waals surface area contributed by atoms with Crippen molar-refractivity contribution < 1.29 is 0 Å². The molecule has 1 heterocycles. The monoisotopic (exact) mass is 369 g/mol. The Morgan fingerprint density at radius 1 is 0.929 bits per heavy atom. The van der Waals surface area contributed by atoms with Crippen LogP contribution in [0.25, 0.3) is 11.1 Å². The Bertz CT molecular complexity index is 1130. The summed E-state index contributed by atoms with van der Waals surface area (Å²) >= 11 is 0. The Balaban J connectivity index is 2.13. The Hall–Kier alpha value is -4.03. The number of nitrogen functional groups attached to an aromatic ring is 1. The van der Waals surface area contributed by atoms with Gasteiger partial charge in [0.25, 0.3) is 5.56 Å². The fourth-order valence-electron chi connectivity index (χ4n) is 3.25. The molecule has 0 atom stereocenters. The lowest BCUT2D eigenvalue weighted by molar-refractivity contribution is 0.789. The van der Waals surface area contributed by atoms with Crippen molar-refractivity contribution in [2.45, 2.75) is 19.9 Å². The average molecular weight is 369 g/mol. The van der Waals surface area contributed by atoms with Gasteiger partial charge in [0.15, 0.2) is 0 Å². The maximum Gasteiger partial charge on any atom is 0.268 e. The lowest BCUT2D eigenvalue weighted by Crippen LogP contribution is -2.25. The molecule has 0 amide bonds. The van der Waals surface area contributed by atoms with Crippen LogP contribution in [-0.4, -0.2) is 11.0 Å². The molecular formula is C22H19N5O. The predicted octanol–water partition coefficient (Wildman–Crippen LogP) is 3.91. The summed E-state index contributed by atoms with van der Waals surface area (Å²) in [5.41, 5.74) is 8.02. The minimum atomic E-state index is -0.605. The smallest absolute Gasteiger partial charge is 0.268 e. The minimum absolute atomic E-state index is 0.0429. The van der Waals surface area contributed by atoms with Crippen molar-refractivity contribution in [3.63, 3.8) is 0 Å². The summed E-state index contributed by atoms with van der Waals surface area (Å²) in [6.07, 6.45) is 0. The normalized spacial score (nSPS) is 10.3. The number of pyridine rings is 1. The number of para-hydroxylation sites is 1. The quantitative estimate of drug-likeness (QED) is 0.724. The van der Waals surface area contributed by atoms with Gasteiger partial charge in [-0.1, -0.05) is 30.3 Å². The number of aromatic nitrogens is 1. The summed E-state index contributed by atoms with van der Waals surface area (Å²) in [7, 11) is 0. The van der Waals surface area contributed by atoms with Crippen LogP contribution in [0, 0.1) is 22.7 Å². The number of anilines is 3. The molecule has 138 valence electrons. The van der Waals surface area contributed by atoms with E-state index < -0.39 is 5.56 Å². The van der Waals surface area contributed by atoms with Crippen LogP contribution >= 0.6 is 0 Å². The van der Waals surface area contributed by atoms with Crippen molar-refractivity contribution in [2.24, 2.45) is 0 Å². The number of rotatable bonds is 4. The van der Waals surface area contributed by atoms with E-state index in [2.05, 4.69) is 23.7 Å². The number of hydrogen-bond acceptors (Lipinski definition) is 5. The fraction of sp³-hybridized carbons (Fsp3) is 0.136. The molecule has 0 fully saturated rings. The molecule has 3 aromatic rings. The highest BCUT2D eigenvalue weighted by Crippen LogP contribution is 2.32. The van der Waals surface area contributed by atoms with Crippen LogP contribution in [0.3, 0.4) is 0 Å². The zero-order valence-corrected chi connectivity index (χ0v) is 15.6. The summed E-state index contributed by atoms with van der Waals surface area (Å²) in [5, 5.41) is 18.9. The van der Waals surface area contributed by atoms with Gasteiger partial charge >= 0.3 is 0 Å². The first kappa shape index (κ1) is 18.8. The van der Waals surface area contributed by atoms with E-state index in [-0.39, 0.29) is 28.6 Å². The van der Waals surface area contributed by atoms with Gasteiger partial charge in [0, 0.05) is 23.0 Å². The van der Waals surface area contributed by atoms with Gasteiger partial charge in [-0.15, -0.1) is 0 Å². The summed E-state index contributed by atoms with van der Waals surface area (Å²) in [4.78, 5) is 16.6. The molecule has 2 aromatic carbocycles. The van der Waals surface area contributed by atoms with Crippen LogP contribution in [0.15, 0.2) is 59.4 Å². The molecule has 6 heteroatoms. The Kier molecular flexibility index (Phi) is 5.15. The van der Waals surface area contributed by atoms with Gasteiger partial charge in [-0.2, -0.15) is 10.5 Å². The zero-order valence-electron chi connectivity index (χ0n) is 15.6. The van der Waals surface area contributed by atoms with Gasteiger partial charge in [-0.3, -0.25) is 4.79 Å². The van der Waals surface area contributed by atoms with Gasteiger partial charge in [0.2, 0.25) is 0 Å². The highest BCUT2D eigenvalue weighted by atomic mass is 16.1. The van der Waals surface area contributed by atoms with Crippen molar-refractivity contribution in [3.05, 3.63) is 76.1 Å². The second-order valence-corrected chi connectivity index (χ2v) is 6.56. The van der Waals surface area contributed by atoms with E-state index in [1.54, 1.807) is 12.1 Å². The molecule has 0 aliphatic carbocycles. The van der Waals surface area contributed by atoms with Gasteiger partial charge in [-0.05, 0) is 43.7 Å². The van der Waals surface area contributed by atoms with E-state index in [9.17, 15) is 15.3 Å². The third kappa shape index (κ3) is 3.32. The largest absolute Gasteiger partial charge is 0.384 e. The van der Waals surface area contributed by atoms with E-state index in [0.29, 0.717) is 5.56 Å². The van der Waals surface area contributed by atoms with E-state index >= 15 is 0 Å². The lowest BCUT2D eigenvalue weighted by atomic mass is 9.96. The first-order chi connectivity index (χ1) is 13.5. The van der Waals surface area contributed by atoms with Gasteiger partial charge in [0.1, 0.15) is 29.1 Å². The van der Waals surface area contributed by atoms with Gasteiger partial charge < -0.3 is 15.6 Å². The minimum Gasteiger partial charge on any atom is -0.384 e. The number of aromatic amines is 1. The van der Waals surface area contributed by atoms with Crippen LogP contribution in [-0.2, 0) is 0 Å². The standard InChI is InChI=1S/C22H19N5O/c1-14(2)27(16-6-4-3-5-7-16)17-10-8-15(9-11-17)20-18(12-23)21(25)26-22(28)19(20)13-24/h3-11,14H,1-2H3,(H3,25,26,28). The number of nitrogens with two attached hydrogens (primary N) is 1. The molecule has 3 rings (SSSR count). The summed E-state index contributed by atoms with van der Waals surface area (Å²) in [5.74, 6) is -0.0429. The predicted molar refractivity (Wildman–Crippen MR) is 110 cm³/mol. The van der Waals surface area contributed by atoms with Crippen LogP contribution in [0.4, 0.5) is 17.2 Å². The molecule has 0 saturated carbocycles. The van der Waals surface area contributed by atoms with Crippen molar-refractivity contribution in [1.82, 2.24) is 4.98 Å². The molecule has 6 nitrogen and oxygen atoms in total. The van der Waals surface area contributed by atoms with E-state index in [1.807, 2.05) is 54.6 Å². The molecule has 0 unspecified atom stereocenters. The van der Waals surface area contributed by atoms with Crippen molar-refractivity contribution in [1.29, 1.82) is 10.5 Å². The molecule has 1 aromatic heterocycles. The molecule has 28 heavy (non-hydrogen) atoms. The number of benzene rings is 2. The Morgan fingerprint density at radius 2 is 1.50 bits per heavy atom. The molecule has 0 radical (unpaired) electrons. The molecule has 0 bridgehead atoms. The number of nitrogens with zero attached hydrogens (tertiary/aromatic N) is 3. The third-order valence-corrected chi connectivity index (χ3v) is 4.45. The van der Waals surface area contributed by atoms with E-state index in [4.69, 9.17) is 5.73 Å². The maximum absolute atomic E-state index is 12.1. The fourth-order valence-corrected chi connectivity index (χ4v) is 3.25. The first-order valence-corrected chi connectivity index (χ1v) is 8.78. The van der Waals surface area contributed by atoms with Gasteiger partial charge in [-0.25, -0.2) is 0 Å². The lowest BCUT2D eigenvalue weighted by Gasteiger charge is -2.29. The average Bonchev–Trinajstić information content (AvgIpc) is 2.69. The van der Waals surface area contributed by atoms with E-state index in [0.717, 1.165) is 11.4 Å². The maximum atomic E-state index is 12.1. The second kappa shape index (κ2) is 7.69. The first-order valence-electron chi connectivity index (χ1n) is 8.78. The molecular weight excluding hydrogens is 350 g/mol. The zero-order chi connectivity index (χ0) is 20.3. The highest BCUT2D eigenvalue weighted by Gasteiger charge is 2.19.